The van der Waals surface area contributed by atoms with Crippen molar-refractivity contribution in [3.8, 4) is 0 Å². The lowest BCUT2D eigenvalue weighted by molar-refractivity contribution is -0.0328. The summed E-state index contributed by atoms with van der Waals surface area (Å²) < 4.78 is 36.6. The molecule has 2 rings (SSSR count). The molecule has 1 fully saturated rings. The van der Waals surface area contributed by atoms with Crippen LogP contribution in [-0.4, -0.2) is 22.6 Å². The van der Waals surface area contributed by atoms with Crippen LogP contribution in [0.2, 0.25) is 0 Å². The van der Waals surface area contributed by atoms with Crippen molar-refractivity contribution in [3.63, 3.8) is 0 Å². The van der Waals surface area contributed by atoms with E-state index in [-0.39, 0.29) is 16.7 Å². The molecule has 2 atom stereocenters. The largest absolute Gasteiger partial charge is 0.446 e. The number of alkyl halides is 3. The Morgan fingerprint density at radius 2 is 1.95 bits per heavy atom. The van der Waals surface area contributed by atoms with Crippen LogP contribution in [0.25, 0.3) is 0 Å². The van der Waals surface area contributed by atoms with Gasteiger partial charge in [-0.15, -0.1) is 0 Å². The molecule has 1 N–H and O–H groups in total. The Hall–Kier alpha value is -0.490. The molecule has 0 radical (unpaired) electrons. The van der Waals surface area contributed by atoms with Crippen LogP contribution >= 0.6 is 23.5 Å². The maximum Gasteiger partial charge on any atom is 0.446 e. The lowest BCUT2D eigenvalue weighted by Crippen LogP contribution is -2.32. The van der Waals surface area contributed by atoms with Crippen molar-refractivity contribution in [1.29, 1.82) is 0 Å². The Balaban J connectivity index is 1.94. The highest BCUT2D eigenvalue weighted by Crippen LogP contribution is 2.37. The van der Waals surface area contributed by atoms with E-state index in [9.17, 15) is 13.2 Å². The SMILES string of the molecule is CC1SCCCC1Nc1ccc(SC(F)(F)F)cc1. The van der Waals surface area contributed by atoms with Gasteiger partial charge in [-0.05, 0) is 54.6 Å². The van der Waals surface area contributed by atoms with Crippen molar-refractivity contribution in [2.75, 3.05) is 11.1 Å². The van der Waals surface area contributed by atoms with Crippen molar-refractivity contribution in [2.45, 2.75) is 41.5 Å². The molecule has 6 heteroatoms. The van der Waals surface area contributed by atoms with Crippen LogP contribution in [0.5, 0.6) is 0 Å². The number of rotatable bonds is 3. The van der Waals surface area contributed by atoms with Gasteiger partial charge in [0.1, 0.15) is 0 Å². The topological polar surface area (TPSA) is 12.0 Å². The fraction of sp³-hybridized carbons (Fsp3) is 0.538. The Bertz CT molecular complexity index is 405. The molecular formula is C13H16F3NS2. The molecule has 19 heavy (non-hydrogen) atoms. The Labute approximate surface area is 119 Å². The molecular weight excluding hydrogens is 291 g/mol. The van der Waals surface area contributed by atoms with Crippen molar-refractivity contribution in [2.24, 2.45) is 0 Å². The van der Waals surface area contributed by atoms with Crippen molar-refractivity contribution in [3.05, 3.63) is 24.3 Å². The average molecular weight is 307 g/mol. The molecule has 0 amide bonds. The summed E-state index contributed by atoms with van der Waals surface area (Å²) in [5, 5.41) is 3.95. The Morgan fingerprint density at radius 1 is 1.26 bits per heavy atom. The predicted molar refractivity (Wildman–Crippen MR) is 76.9 cm³/mol. The molecule has 0 aromatic heterocycles. The van der Waals surface area contributed by atoms with Gasteiger partial charge in [0.25, 0.3) is 0 Å². The molecule has 0 spiro atoms. The fourth-order valence-corrected chi connectivity index (χ4v) is 3.76. The first-order valence-electron chi connectivity index (χ1n) is 6.18. The van der Waals surface area contributed by atoms with E-state index in [1.54, 1.807) is 12.1 Å². The lowest BCUT2D eigenvalue weighted by Gasteiger charge is -2.30. The number of halogens is 3. The Kier molecular flexibility index (Phi) is 4.95. The highest BCUT2D eigenvalue weighted by Gasteiger charge is 2.29. The number of benzene rings is 1. The highest BCUT2D eigenvalue weighted by molar-refractivity contribution is 8.00. The lowest BCUT2D eigenvalue weighted by atomic mass is 10.1. The van der Waals surface area contributed by atoms with Gasteiger partial charge in [-0.1, -0.05) is 6.92 Å². The minimum Gasteiger partial charge on any atom is -0.381 e. The van der Waals surface area contributed by atoms with Crippen LogP contribution in [0.1, 0.15) is 19.8 Å². The van der Waals surface area contributed by atoms with Crippen LogP contribution in [0.3, 0.4) is 0 Å². The van der Waals surface area contributed by atoms with E-state index in [1.165, 1.54) is 24.3 Å². The van der Waals surface area contributed by atoms with Crippen LogP contribution in [-0.2, 0) is 0 Å². The van der Waals surface area contributed by atoms with Gasteiger partial charge in [0.05, 0.1) is 0 Å². The first-order valence-corrected chi connectivity index (χ1v) is 8.04. The maximum atomic E-state index is 12.2. The standard InChI is InChI=1S/C13H16F3NS2/c1-9-12(3-2-8-18-9)17-10-4-6-11(7-5-10)19-13(14,15)16/h4-7,9,12,17H,2-3,8H2,1H3. The minimum absolute atomic E-state index is 0.0758. The first-order chi connectivity index (χ1) is 8.94. The summed E-state index contributed by atoms with van der Waals surface area (Å²) in [6, 6.07) is 6.88. The van der Waals surface area contributed by atoms with E-state index < -0.39 is 5.51 Å². The molecule has 1 aromatic carbocycles. The van der Waals surface area contributed by atoms with E-state index in [0.717, 1.165) is 12.1 Å². The summed E-state index contributed by atoms with van der Waals surface area (Å²) in [6.45, 7) is 2.19. The third-order valence-electron chi connectivity index (χ3n) is 3.05. The fourth-order valence-electron chi connectivity index (χ4n) is 2.08. The van der Waals surface area contributed by atoms with Gasteiger partial charge in [0.15, 0.2) is 0 Å². The zero-order valence-electron chi connectivity index (χ0n) is 10.5. The third kappa shape index (κ3) is 4.84. The molecule has 106 valence electrons. The minimum atomic E-state index is -4.22. The first kappa shape index (κ1) is 14.9. The van der Waals surface area contributed by atoms with Gasteiger partial charge in [0.2, 0.25) is 0 Å². The normalized spacial score (nSPS) is 24.2. The molecule has 1 aliphatic heterocycles. The zero-order chi connectivity index (χ0) is 13.9. The average Bonchev–Trinajstić information content (AvgIpc) is 2.33. The summed E-state index contributed by atoms with van der Waals surface area (Å²) in [6.07, 6.45) is 2.31. The van der Waals surface area contributed by atoms with Crippen molar-refractivity contribution < 1.29 is 13.2 Å². The van der Waals surface area contributed by atoms with Gasteiger partial charge in [-0.2, -0.15) is 24.9 Å². The zero-order valence-corrected chi connectivity index (χ0v) is 12.2. The number of nitrogens with one attached hydrogen (secondary N) is 1. The quantitative estimate of drug-likeness (QED) is 0.790. The smallest absolute Gasteiger partial charge is 0.381 e. The number of hydrogen-bond acceptors (Lipinski definition) is 3. The second kappa shape index (κ2) is 6.31. The molecule has 2 unspecified atom stereocenters. The van der Waals surface area contributed by atoms with E-state index in [2.05, 4.69) is 12.2 Å². The molecule has 1 nitrogen and oxygen atoms in total. The second-order valence-electron chi connectivity index (χ2n) is 4.54. The van der Waals surface area contributed by atoms with Gasteiger partial charge in [0, 0.05) is 21.9 Å². The summed E-state index contributed by atoms with van der Waals surface area (Å²) in [5.74, 6) is 1.19. The maximum absolute atomic E-state index is 12.2. The Morgan fingerprint density at radius 3 is 2.53 bits per heavy atom. The van der Waals surface area contributed by atoms with Crippen LogP contribution in [0.4, 0.5) is 18.9 Å². The van der Waals surface area contributed by atoms with Gasteiger partial charge in [-0.25, -0.2) is 0 Å². The molecule has 1 saturated heterocycles. The molecule has 1 aromatic rings. The number of hydrogen-bond donors (Lipinski definition) is 1. The summed E-state index contributed by atoms with van der Waals surface area (Å²) >= 11 is 1.87. The monoisotopic (exact) mass is 307 g/mol. The molecule has 0 saturated carbocycles. The highest BCUT2D eigenvalue weighted by atomic mass is 32.2. The van der Waals surface area contributed by atoms with E-state index >= 15 is 0 Å². The molecule has 0 aliphatic carbocycles. The van der Waals surface area contributed by atoms with E-state index in [0.29, 0.717) is 11.3 Å². The van der Waals surface area contributed by atoms with Gasteiger partial charge < -0.3 is 5.32 Å². The summed E-state index contributed by atoms with van der Waals surface area (Å²) in [5.41, 5.74) is -3.32. The van der Waals surface area contributed by atoms with E-state index in [1.807, 2.05) is 11.8 Å². The van der Waals surface area contributed by atoms with Gasteiger partial charge >= 0.3 is 5.51 Å². The number of anilines is 1. The second-order valence-corrected chi connectivity index (χ2v) is 7.16. The van der Waals surface area contributed by atoms with Crippen molar-refractivity contribution >= 4 is 29.2 Å². The van der Waals surface area contributed by atoms with Gasteiger partial charge in [-0.3, -0.25) is 0 Å². The van der Waals surface area contributed by atoms with Crippen LogP contribution < -0.4 is 5.32 Å². The molecule has 1 heterocycles. The van der Waals surface area contributed by atoms with E-state index in [4.69, 9.17) is 0 Å². The van der Waals surface area contributed by atoms with Crippen molar-refractivity contribution in [1.82, 2.24) is 0 Å². The molecule has 1 aliphatic rings. The summed E-state index contributed by atoms with van der Waals surface area (Å²) in [7, 11) is 0. The van der Waals surface area contributed by atoms with Crippen LogP contribution in [0.15, 0.2) is 29.2 Å². The molecule has 0 bridgehead atoms. The van der Waals surface area contributed by atoms with Crippen LogP contribution in [0, 0.1) is 0 Å². The summed E-state index contributed by atoms with van der Waals surface area (Å²) in [4.78, 5) is 0.226. The third-order valence-corrected chi connectivity index (χ3v) is 5.16. The predicted octanol–water partition coefficient (Wildman–Crippen LogP) is 4.99. The number of thioether (sulfide) groups is 2.